The molecule has 0 radical (unpaired) electrons. The normalized spacial score (nSPS) is 20.5. The van der Waals surface area contributed by atoms with Gasteiger partial charge >= 0.3 is 12.1 Å². The van der Waals surface area contributed by atoms with Gasteiger partial charge in [-0.25, -0.2) is 0 Å². The van der Waals surface area contributed by atoms with Crippen LogP contribution in [0.4, 0.5) is 13.2 Å². The molecule has 1 rings (SSSR count). The molecule has 0 heterocycles. The summed E-state index contributed by atoms with van der Waals surface area (Å²) in [5.41, 5.74) is -0.468. The van der Waals surface area contributed by atoms with E-state index in [0.717, 1.165) is 25.7 Å². The van der Waals surface area contributed by atoms with Crippen molar-refractivity contribution in [2.24, 2.45) is 11.8 Å². The van der Waals surface area contributed by atoms with Gasteiger partial charge in [0, 0.05) is 29.2 Å². The molecule has 0 unspecified atom stereocenters. The third-order valence-electron chi connectivity index (χ3n) is 9.76. The number of carboxylic acid groups (broad SMARTS) is 1. The summed E-state index contributed by atoms with van der Waals surface area (Å²) in [4.78, 5) is 11.2. The minimum Gasteiger partial charge on any atom is -0.481 e. The van der Waals surface area contributed by atoms with Crippen molar-refractivity contribution in [2.75, 3.05) is 5.75 Å². The summed E-state index contributed by atoms with van der Waals surface area (Å²) in [6.45, 7) is 26.1. The summed E-state index contributed by atoms with van der Waals surface area (Å²) in [6, 6.07) is 0. The van der Waals surface area contributed by atoms with Gasteiger partial charge in [-0.2, -0.15) is 13.2 Å². The van der Waals surface area contributed by atoms with Gasteiger partial charge in [-0.1, -0.05) is 93.2 Å². The molecule has 0 aromatic heterocycles. The summed E-state index contributed by atoms with van der Waals surface area (Å²) < 4.78 is 57.4. The zero-order valence-electron chi connectivity index (χ0n) is 29.7. The second-order valence-corrected chi connectivity index (χ2v) is 26.5. The standard InChI is InChI=1S/C34H63F3O4SSi2/c1-13-14-18-25(2)23-26(40-43(9,10)32(3,4)5)20-21-27-29(41-44(11,12)33(6,7)8)24-28(34(35,36)37)31(27)42-22-17-15-16-19-30(38)39/h20-21,25-27,29H,13-19,22-24H2,1-12H3,(H,38,39)/t25-,26-,27+,29-/m1/s1. The van der Waals surface area contributed by atoms with E-state index in [0.29, 0.717) is 35.8 Å². The Morgan fingerprint density at radius 3 is 2.09 bits per heavy atom. The Labute approximate surface area is 273 Å². The van der Waals surface area contributed by atoms with Crippen molar-refractivity contribution in [1.82, 2.24) is 0 Å². The van der Waals surface area contributed by atoms with Gasteiger partial charge in [0.05, 0.1) is 12.2 Å². The molecule has 258 valence electrons. The van der Waals surface area contributed by atoms with E-state index in [-0.39, 0.29) is 29.0 Å². The number of hydrogen-bond acceptors (Lipinski definition) is 4. The molecule has 0 bridgehead atoms. The number of rotatable bonds is 18. The van der Waals surface area contributed by atoms with Gasteiger partial charge in [-0.3, -0.25) is 4.79 Å². The van der Waals surface area contributed by atoms with Crippen molar-refractivity contribution in [3.63, 3.8) is 0 Å². The van der Waals surface area contributed by atoms with E-state index in [1.54, 1.807) is 0 Å². The number of halogens is 3. The van der Waals surface area contributed by atoms with E-state index in [1.165, 1.54) is 11.8 Å². The van der Waals surface area contributed by atoms with Gasteiger partial charge in [-0.05, 0) is 67.2 Å². The van der Waals surface area contributed by atoms with Crippen LogP contribution in [0.25, 0.3) is 0 Å². The largest absolute Gasteiger partial charge is 0.481 e. The molecule has 0 amide bonds. The molecular formula is C34H63F3O4SSi2. The first kappa shape index (κ1) is 41.5. The van der Waals surface area contributed by atoms with Gasteiger partial charge in [0.15, 0.2) is 16.6 Å². The van der Waals surface area contributed by atoms with Crippen LogP contribution in [0.15, 0.2) is 22.6 Å². The molecule has 10 heteroatoms. The van der Waals surface area contributed by atoms with E-state index in [1.807, 2.05) is 6.08 Å². The van der Waals surface area contributed by atoms with Gasteiger partial charge in [-0.15, -0.1) is 11.8 Å². The number of thioether (sulfide) groups is 1. The van der Waals surface area contributed by atoms with E-state index in [4.69, 9.17) is 14.0 Å². The van der Waals surface area contributed by atoms with Crippen LogP contribution in [0, 0.1) is 11.8 Å². The van der Waals surface area contributed by atoms with Gasteiger partial charge in [0.2, 0.25) is 0 Å². The summed E-state index contributed by atoms with van der Waals surface area (Å²) in [7, 11) is -4.51. The number of carbonyl (C=O) groups is 1. The van der Waals surface area contributed by atoms with E-state index < -0.39 is 46.4 Å². The minimum absolute atomic E-state index is 0.0120. The summed E-state index contributed by atoms with van der Waals surface area (Å²) in [5, 5.41) is 8.81. The monoisotopic (exact) mass is 680 g/mol. The molecule has 44 heavy (non-hydrogen) atoms. The fraction of sp³-hybridized carbons (Fsp3) is 0.853. The molecule has 0 aliphatic heterocycles. The topological polar surface area (TPSA) is 55.8 Å². The van der Waals surface area contributed by atoms with Crippen LogP contribution in [0.2, 0.25) is 36.3 Å². The molecule has 1 aliphatic rings. The minimum atomic E-state index is -4.44. The smallest absolute Gasteiger partial charge is 0.413 e. The van der Waals surface area contributed by atoms with Crippen LogP contribution in [0.3, 0.4) is 0 Å². The number of carboxylic acids is 1. The predicted molar refractivity (Wildman–Crippen MR) is 186 cm³/mol. The van der Waals surface area contributed by atoms with Crippen molar-refractivity contribution in [2.45, 2.75) is 168 Å². The van der Waals surface area contributed by atoms with E-state index in [2.05, 4.69) is 87.7 Å². The average molecular weight is 681 g/mol. The molecule has 0 aromatic rings. The highest BCUT2D eigenvalue weighted by molar-refractivity contribution is 8.03. The highest BCUT2D eigenvalue weighted by atomic mass is 32.2. The van der Waals surface area contributed by atoms with Crippen LogP contribution in [-0.2, 0) is 13.6 Å². The number of unbranched alkanes of at least 4 members (excludes halogenated alkanes) is 3. The van der Waals surface area contributed by atoms with Crippen LogP contribution in [0.5, 0.6) is 0 Å². The van der Waals surface area contributed by atoms with Crippen molar-refractivity contribution in [1.29, 1.82) is 0 Å². The summed E-state index contributed by atoms with van der Waals surface area (Å²) in [5.74, 6) is -0.381. The highest BCUT2D eigenvalue weighted by Crippen LogP contribution is 2.50. The van der Waals surface area contributed by atoms with E-state index in [9.17, 15) is 18.0 Å². The second-order valence-electron chi connectivity index (χ2n) is 15.8. The summed E-state index contributed by atoms with van der Waals surface area (Å²) in [6.07, 6.45) is 4.88. The maximum absolute atomic E-state index is 14.6. The lowest BCUT2D eigenvalue weighted by molar-refractivity contribution is -0.137. The zero-order chi connectivity index (χ0) is 34.1. The first-order valence-electron chi connectivity index (χ1n) is 16.6. The maximum atomic E-state index is 14.6. The molecule has 4 atom stereocenters. The molecule has 1 N–H and O–H groups in total. The van der Waals surface area contributed by atoms with Gasteiger partial charge in [0.1, 0.15) is 0 Å². The van der Waals surface area contributed by atoms with Crippen molar-refractivity contribution in [3.8, 4) is 0 Å². The molecule has 0 fully saturated rings. The Morgan fingerprint density at radius 1 is 1.00 bits per heavy atom. The Bertz CT molecular complexity index is 965. The molecule has 1 aliphatic carbocycles. The second kappa shape index (κ2) is 17.0. The Kier molecular flexibility index (Phi) is 16.0. The first-order chi connectivity index (χ1) is 19.9. The Balaban J connectivity index is 3.51. The zero-order valence-corrected chi connectivity index (χ0v) is 32.6. The van der Waals surface area contributed by atoms with Gasteiger partial charge in [0.25, 0.3) is 0 Å². The van der Waals surface area contributed by atoms with Crippen LogP contribution in [-0.4, -0.2) is 51.8 Å². The number of hydrogen-bond donors (Lipinski definition) is 1. The molecular weight excluding hydrogens is 618 g/mol. The Hall–Kier alpha value is -0.556. The van der Waals surface area contributed by atoms with Crippen LogP contribution in [0.1, 0.15) is 113 Å². The Morgan fingerprint density at radius 2 is 1.59 bits per heavy atom. The van der Waals surface area contributed by atoms with Crippen molar-refractivity contribution in [3.05, 3.63) is 22.6 Å². The SMILES string of the molecule is CCCC[C@@H](C)C[C@@H](C=C[C@@H]1C(SCCCCCC(=O)O)=C(C(F)(F)F)C[C@H]1O[Si](C)(C)C(C)(C)C)O[Si](C)(C)C(C)(C)C. The third kappa shape index (κ3) is 13.3. The third-order valence-corrected chi connectivity index (χ3v) is 20.1. The number of aliphatic carboxylic acids is 1. The molecule has 0 spiro atoms. The average Bonchev–Trinajstić information content (AvgIpc) is 3.18. The van der Waals surface area contributed by atoms with Crippen molar-refractivity contribution < 1.29 is 31.9 Å². The predicted octanol–water partition coefficient (Wildman–Crippen LogP) is 11.8. The quantitative estimate of drug-likeness (QED) is 0.0887. The fourth-order valence-corrected chi connectivity index (χ4v) is 8.88. The lowest BCUT2D eigenvalue weighted by Gasteiger charge is -2.40. The van der Waals surface area contributed by atoms with Crippen LogP contribution < -0.4 is 0 Å². The molecule has 0 saturated heterocycles. The molecule has 0 aromatic carbocycles. The van der Waals surface area contributed by atoms with Gasteiger partial charge < -0.3 is 14.0 Å². The van der Waals surface area contributed by atoms with E-state index >= 15 is 0 Å². The lowest BCUT2D eigenvalue weighted by atomic mass is 9.96. The fourth-order valence-electron chi connectivity index (χ4n) is 4.89. The lowest BCUT2D eigenvalue weighted by Crippen LogP contribution is -2.45. The number of alkyl halides is 3. The first-order valence-corrected chi connectivity index (χ1v) is 23.4. The molecule has 0 saturated carbocycles. The molecule has 4 nitrogen and oxygen atoms in total. The van der Waals surface area contributed by atoms with Crippen molar-refractivity contribution >= 4 is 34.4 Å². The maximum Gasteiger partial charge on any atom is 0.413 e. The van der Waals surface area contributed by atoms with Crippen LogP contribution >= 0.6 is 11.8 Å². The highest BCUT2D eigenvalue weighted by Gasteiger charge is 2.49. The summed E-state index contributed by atoms with van der Waals surface area (Å²) >= 11 is 1.28.